The van der Waals surface area contributed by atoms with E-state index in [9.17, 15) is 9.90 Å². The summed E-state index contributed by atoms with van der Waals surface area (Å²) in [6, 6.07) is 0. The molecule has 3 heteroatoms. The molecule has 0 bridgehead atoms. The van der Waals surface area contributed by atoms with Gasteiger partial charge in [-0.1, -0.05) is 65.2 Å². The zero-order valence-electron chi connectivity index (χ0n) is 12.2. The summed E-state index contributed by atoms with van der Waals surface area (Å²) in [5.41, 5.74) is 4.71. The molecule has 0 spiro atoms. The molecule has 1 unspecified atom stereocenters. The molecule has 1 amide bonds. The Kier molecular flexibility index (Phi) is 10.0. The Hall–Kier alpha value is -0.570. The zero-order chi connectivity index (χ0) is 13.9. The topological polar surface area (TPSA) is 63.3 Å². The van der Waals surface area contributed by atoms with Crippen molar-refractivity contribution in [1.29, 1.82) is 0 Å². The molecule has 0 rings (SSSR count). The molecule has 1 atom stereocenters. The van der Waals surface area contributed by atoms with Crippen LogP contribution >= 0.6 is 0 Å². The average molecular weight is 257 g/mol. The fraction of sp³-hybridized carbons (Fsp3) is 0.933. The van der Waals surface area contributed by atoms with Gasteiger partial charge in [0.25, 0.3) is 0 Å². The molecule has 0 aliphatic carbocycles. The Bertz CT molecular complexity index is 213. The number of rotatable bonds is 12. The predicted octanol–water partition coefficient (Wildman–Crippen LogP) is 3.39. The van der Waals surface area contributed by atoms with E-state index in [4.69, 9.17) is 5.73 Å². The number of amides is 1. The molecule has 3 N–H and O–H groups in total. The van der Waals surface area contributed by atoms with Gasteiger partial charge in [0.15, 0.2) is 0 Å². The molecule has 18 heavy (non-hydrogen) atoms. The number of unbranched alkanes of at least 4 members (excludes halogenated alkanes) is 7. The average Bonchev–Trinajstić information content (AvgIpc) is 2.37. The van der Waals surface area contributed by atoms with Gasteiger partial charge in [0.2, 0.25) is 5.91 Å². The first-order valence-electron chi connectivity index (χ1n) is 7.53. The second-order valence-electron chi connectivity index (χ2n) is 5.38. The lowest BCUT2D eigenvalue weighted by Crippen LogP contribution is -2.39. The molecule has 0 aromatic rings. The van der Waals surface area contributed by atoms with Crippen molar-refractivity contribution in [3.05, 3.63) is 0 Å². The molecule has 0 aromatic heterocycles. The first-order valence-corrected chi connectivity index (χ1v) is 7.53. The van der Waals surface area contributed by atoms with Crippen LogP contribution in [0.2, 0.25) is 0 Å². The van der Waals surface area contributed by atoms with Crippen LogP contribution in [0, 0.1) is 5.41 Å². The van der Waals surface area contributed by atoms with Crippen molar-refractivity contribution in [2.75, 3.05) is 6.61 Å². The van der Waals surface area contributed by atoms with Gasteiger partial charge in [0.05, 0.1) is 12.0 Å². The third-order valence-corrected chi connectivity index (χ3v) is 4.01. The van der Waals surface area contributed by atoms with Gasteiger partial charge in [-0.2, -0.15) is 0 Å². The van der Waals surface area contributed by atoms with Crippen LogP contribution in [0.3, 0.4) is 0 Å². The normalized spacial score (nSPS) is 14.4. The van der Waals surface area contributed by atoms with Gasteiger partial charge in [-0.05, 0) is 12.8 Å². The van der Waals surface area contributed by atoms with Gasteiger partial charge in [-0.15, -0.1) is 0 Å². The highest BCUT2D eigenvalue weighted by molar-refractivity contribution is 5.80. The van der Waals surface area contributed by atoms with E-state index in [2.05, 4.69) is 6.92 Å². The van der Waals surface area contributed by atoms with E-state index in [0.717, 1.165) is 19.3 Å². The molecule has 0 aliphatic rings. The number of hydrogen-bond acceptors (Lipinski definition) is 2. The third kappa shape index (κ3) is 6.39. The monoisotopic (exact) mass is 257 g/mol. The molecule has 0 radical (unpaired) electrons. The fourth-order valence-corrected chi connectivity index (χ4v) is 2.34. The van der Waals surface area contributed by atoms with Crippen molar-refractivity contribution >= 4 is 5.91 Å². The molecule has 0 fully saturated rings. The molecule has 0 saturated carbocycles. The third-order valence-electron chi connectivity index (χ3n) is 4.01. The SMILES string of the molecule is CCCCCCCCCCC(CC)(CO)C(N)=O. The Balaban J connectivity index is 3.65. The fourth-order valence-electron chi connectivity index (χ4n) is 2.34. The first-order chi connectivity index (χ1) is 8.63. The van der Waals surface area contributed by atoms with Crippen molar-refractivity contribution in [2.24, 2.45) is 11.1 Å². The maximum Gasteiger partial charge on any atom is 0.225 e. The Morgan fingerprint density at radius 2 is 1.50 bits per heavy atom. The second-order valence-corrected chi connectivity index (χ2v) is 5.38. The predicted molar refractivity (Wildman–Crippen MR) is 76.2 cm³/mol. The molecular formula is C15H31NO2. The summed E-state index contributed by atoms with van der Waals surface area (Å²) < 4.78 is 0. The number of aliphatic hydroxyl groups excluding tert-OH is 1. The minimum absolute atomic E-state index is 0.116. The molecule has 0 aliphatic heterocycles. The van der Waals surface area contributed by atoms with E-state index in [1.54, 1.807) is 0 Å². The van der Waals surface area contributed by atoms with E-state index in [0.29, 0.717) is 6.42 Å². The van der Waals surface area contributed by atoms with Crippen molar-refractivity contribution in [1.82, 2.24) is 0 Å². The van der Waals surface area contributed by atoms with E-state index in [-0.39, 0.29) is 12.5 Å². The highest BCUT2D eigenvalue weighted by Gasteiger charge is 2.33. The summed E-state index contributed by atoms with van der Waals surface area (Å²) in [5, 5.41) is 9.35. The number of carbonyl (C=O) groups is 1. The number of carbonyl (C=O) groups excluding carboxylic acids is 1. The molecule has 3 nitrogen and oxygen atoms in total. The summed E-state index contributed by atoms with van der Waals surface area (Å²) in [4.78, 5) is 11.4. The smallest absolute Gasteiger partial charge is 0.225 e. The molecule has 0 heterocycles. The molecule has 0 aromatic carbocycles. The summed E-state index contributed by atoms with van der Waals surface area (Å²) in [7, 11) is 0. The number of nitrogens with two attached hydrogens (primary N) is 1. The lowest BCUT2D eigenvalue weighted by Gasteiger charge is -2.26. The van der Waals surface area contributed by atoms with Crippen LogP contribution < -0.4 is 5.73 Å². The standard InChI is InChI=1S/C15H31NO2/c1-3-5-6-7-8-9-10-11-12-15(4-2,13-17)14(16)18/h17H,3-13H2,1-2H3,(H2,16,18). The number of hydrogen-bond donors (Lipinski definition) is 2. The maximum absolute atomic E-state index is 11.4. The number of primary amides is 1. The van der Waals surface area contributed by atoms with E-state index in [1.165, 1.54) is 38.5 Å². The van der Waals surface area contributed by atoms with Crippen LogP contribution in [-0.2, 0) is 4.79 Å². The van der Waals surface area contributed by atoms with Gasteiger partial charge < -0.3 is 10.8 Å². The second kappa shape index (κ2) is 10.4. The van der Waals surface area contributed by atoms with E-state index < -0.39 is 5.41 Å². The Morgan fingerprint density at radius 3 is 1.89 bits per heavy atom. The molecule has 108 valence electrons. The van der Waals surface area contributed by atoms with Crippen molar-refractivity contribution in [3.8, 4) is 0 Å². The minimum Gasteiger partial charge on any atom is -0.395 e. The Morgan fingerprint density at radius 1 is 1.00 bits per heavy atom. The van der Waals surface area contributed by atoms with Crippen molar-refractivity contribution in [3.63, 3.8) is 0 Å². The van der Waals surface area contributed by atoms with Crippen LogP contribution in [0.4, 0.5) is 0 Å². The van der Waals surface area contributed by atoms with Gasteiger partial charge in [-0.3, -0.25) is 4.79 Å². The van der Waals surface area contributed by atoms with Crippen LogP contribution in [0.5, 0.6) is 0 Å². The lowest BCUT2D eigenvalue weighted by atomic mass is 9.80. The van der Waals surface area contributed by atoms with Crippen molar-refractivity contribution in [2.45, 2.75) is 78.1 Å². The van der Waals surface area contributed by atoms with Gasteiger partial charge in [0.1, 0.15) is 0 Å². The van der Waals surface area contributed by atoms with Gasteiger partial charge >= 0.3 is 0 Å². The summed E-state index contributed by atoms with van der Waals surface area (Å²) >= 11 is 0. The van der Waals surface area contributed by atoms with Crippen LogP contribution in [0.1, 0.15) is 78.1 Å². The summed E-state index contributed by atoms with van der Waals surface area (Å²) in [6.07, 6.45) is 11.3. The van der Waals surface area contributed by atoms with Crippen LogP contribution in [-0.4, -0.2) is 17.6 Å². The van der Waals surface area contributed by atoms with Crippen molar-refractivity contribution < 1.29 is 9.90 Å². The lowest BCUT2D eigenvalue weighted by molar-refractivity contribution is -0.130. The van der Waals surface area contributed by atoms with E-state index in [1.807, 2.05) is 6.92 Å². The zero-order valence-corrected chi connectivity index (χ0v) is 12.2. The Labute approximate surface area is 112 Å². The van der Waals surface area contributed by atoms with Gasteiger partial charge in [-0.25, -0.2) is 0 Å². The highest BCUT2D eigenvalue weighted by atomic mass is 16.3. The van der Waals surface area contributed by atoms with Gasteiger partial charge in [0, 0.05) is 0 Å². The molecule has 0 saturated heterocycles. The summed E-state index contributed by atoms with van der Waals surface area (Å²) in [6.45, 7) is 4.03. The van der Waals surface area contributed by atoms with Crippen LogP contribution in [0.15, 0.2) is 0 Å². The summed E-state index contributed by atoms with van der Waals surface area (Å²) in [5.74, 6) is -0.351. The number of aliphatic hydroxyl groups is 1. The highest BCUT2D eigenvalue weighted by Crippen LogP contribution is 2.28. The largest absolute Gasteiger partial charge is 0.395 e. The first kappa shape index (κ1) is 17.4. The van der Waals surface area contributed by atoms with Crippen LogP contribution in [0.25, 0.3) is 0 Å². The quantitative estimate of drug-likeness (QED) is 0.526. The maximum atomic E-state index is 11.4. The minimum atomic E-state index is -0.678. The molecular weight excluding hydrogens is 226 g/mol. The van der Waals surface area contributed by atoms with E-state index >= 15 is 0 Å².